The van der Waals surface area contributed by atoms with Gasteiger partial charge in [-0.25, -0.2) is 18.3 Å². The average molecular weight is 445 g/mol. The van der Waals surface area contributed by atoms with Crippen molar-refractivity contribution in [2.24, 2.45) is 0 Å². The molecule has 4 atom stereocenters. The summed E-state index contributed by atoms with van der Waals surface area (Å²) in [6.07, 6.45) is 1.28. The normalized spacial score (nSPS) is 25.9. The van der Waals surface area contributed by atoms with E-state index in [9.17, 15) is 17.8 Å². The molecule has 1 N–H and O–H groups in total. The number of amides is 1. The van der Waals surface area contributed by atoms with Gasteiger partial charge < -0.3 is 10.2 Å². The molecule has 0 radical (unpaired) electrons. The van der Waals surface area contributed by atoms with Crippen LogP contribution in [0.4, 0.5) is 14.6 Å². The lowest BCUT2D eigenvalue weighted by atomic mass is 10.0. The first-order chi connectivity index (χ1) is 15.0. The monoisotopic (exact) mass is 445 g/mol. The van der Waals surface area contributed by atoms with Crippen LogP contribution in [0, 0.1) is 5.82 Å². The van der Waals surface area contributed by atoms with Gasteiger partial charge in [-0.15, -0.1) is 5.10 Å². The van der Waals surface area contributed by atoms with Gasteiger partial charge in [0.15, 0.2) is 11.3 Å². The van der Waals surface area contributed by atoms with E-state index in [2.05, 4.69) is 15.4 Å². The van der Waals surface area contributed by atoms with Gasteiger partial charge in [0, 0.05) is 34.8 Å². The summed E-state index contributed by atoms with van der Waals surface area (Å²) in [7, 11) is -0.898. The van der Waals surface area contributed by atoms with Crippen LogP contribution in [0.2, 0.25) is 0 Å². The van der Waals surface area contributed by atoms with E-state index in [1.807, 2.05) is 0 Å². The summed E-state index contributed by atoms with van der Waals surface area (Å²) in [5, 5.41) is 7.45. The molecule has 5 rings (SSSR count). The van der Waals surface area contributed by atoms with Gasteiger partial charge in [0.2, 0.25) is 0 Å². The summed E-state index contributed by atoms with van der Waals surface area (Å²) >= 11 is 0. The Labute approximate surface area is 179 Å². The van der Waals surface area contributed by atoms with E-state index in [0.717, 1.165) is 0 Å². The van der Waals surface area contributed by atoms with Crippen LogP contribution in [0.5, 0.6) is 0 Å². The Morgan fingerprint density at radius 1 is 1.26 bits per heavy atom. The summed E-state index contributed by atoms with van der Waals surface area (Å²) < 4.78 is 41.1. The van der Waals surface area contributed by atoms with Gasteiger partial charge in [0.1, 0.15) is 17.8 Å². The molecule has 0 saturated carbocycles. The summed E-state index contributed by atoms with van der Waals surface area (Å²) in [4.78, 5) is 18.8. The largest absolute Gasteiger partial charge is 0.347 e. The molecule has 2 aliphatic rings. The van der Waals surface area contributed by atoms with Crippen molar-refractivity contribution < 1.29 is 17.8 Å². The number of aromatic nitrogens is 3. The van der Waals surface area contributed by atoms with Crippen molar-refractivity contribution in [1.29, 1.82) is 0 Å². The molecule has 31 heavy (non-hydrogen) atoms. The zero-order valence-electron chi connectivity index (χ0n) is 16.6. The number of hydrogen-bond acceptors (Lipinski definition) is 5. The molecular formula is C21H21F2N5O2S. The first-order valence-corrected chi connectivity index (χ1v) is 11.6. The molecule has 0 aliphatic carbocycles. The minimum absolute atomic E-state index is 0.129. The quantitative estimate of drug-likeness (QED) is 0.667. The van der Waals surface area contributed by atoms with E-state index in [-0.39, 0.29) is 42.5 Å². The highest BCUT2D eigenvalue weighted by molar-refractivity contribution is 7.85. The van der Waals surface area contributed by atoms with Crippen molar-refractivity contribution in [3.8, 4) is 0 Å². The topological polar surface area (TPSA) is 79.6 Å². The molecule has 7 nitrogen and oxygen atoms in total. The second kappa shape index (κ2) is 7.99. The summed E-state index contributed by atoms with van der Waals surface area (Å²) in [5.41, 5.74) is 1.43. The molecule has 2 aromatic heterocycles. The van der Waals surface area contributed by atoms with Gasteiger partial charge >= 0.3 is 0 Å². The maximum absolute atomic E-state index is 14.3. The number of alkyl halides is 1. The fourth-order valence-corrected chi connectivity index (χ4v) is 5.69. The van der Waals surface area contributed by atoms with Crippen LogP contribution in [0.3, 0.4) is 0 Å². The molecule has 0 bridgehead atoms. The van der Waals surface area contributed by atoms with Gasteiger partial charge in [-0.3, -0.25) is 9.00 Å². The molecule has 1 amide bonds. The summed E-state index contributed by atoms with van der Waals surface area (Å²) in [6.45, 7) is 0.129. The number of carbonyl (C=O) groups is 1. The number of benzene rings is 1. The van der Waals surface area contributed by atoms with Crippen molar-refractivity contribution in [3.63, 3.8) is 0 Å². The van der Waals surface area contributed by atoms with Gasteiger partial charge in [-0.05, 0) is 36.2 Å². The second-order valence-electron chi connectivity index (χ2n) is 7.93. The third-order valence-electron chi connectivity index (χ3n) is 5.77. The Morgan fingerprint density at radius 3 is 2.90 bits per heavy atom. The zero-order valence-corrected chi connectivity index (χ0v) is 17.4. The molecule has 3 unspecified atom stereocenters. The Balaban J connectivity index is 1.45. The van der Waals surface area contributed by atoms with Crippen molar-refractivity contribution in [1.82, 2.24) is 19.9 Å². The number of halogens is 2. The number of rotatable bonds is 4. The lowest BCUT2D eigenvalue weighted by Gasteiger charge is -2.25. The smallest absolute Gasteiger partial charge is 0.271 e. The van der Waals surface area contributed by atoms with Crippen LogP contribution in [0.1, 0.15) is 34.9 Å². The molecule has 2 saturated heterocycles. The minimum atomic E-state index is -1.07. The van der Waals surface area contributed by atoms with Gasteiger partial charge in [-0.1, -0.05) is 12.1 Å². The number of nitrogens with zero attached hydrogens (tertiary/aromatic N) is 4. The predicted molar refractivity (Wildman–Crippen MR) is 113 cm³/mol. The molecule has 3 aromatic rings. The number of fused-ring (bicyclic) bond motifs is 1. The van der Waals surface area contributed by atoms with E-state index in [0.29, 0.717) is 35.0 Å². The van der Waals surface area contributed by atoms with Crippen molar-refractivity contribution in [2.45, 2.75) is 31.1 Å². The average Bonchev–Trinajstić information content (AvgIpc) is 3.45. The number of anilines is 1. The molecule has 162 valence electrons. The maximum atomic E-state index is 14.3. The Bertz CT molecular complexity index is 1170. The van der Waals surface area contributed by atoms with Crippen LogP contribution in [0.25, 0.3) is 5.65 Å². The molecule has 10 heteroatoms. The molecule has 4 heterocycles. The van der Waals surface area contributed by atoms with E-state index < -0.39 is 17.0 Å². The van der Waals surface area contributed by atoms with Gasteiger partial charge in [-0.2, -0.15) is 0 Å². The van der Waals surface area contributed by atoms with Gasteiger partial charge in [0.25, 0.3) is 5.91 Å². The fourth-order valence-electron chi connectivity index (χ4n) is 4.28. The first-order valence-electron chi connectivity index (χ1n) is 10.1. The predicted octanol–water partition coefficient (Wildman–Crippen LogP) is 2.41. The second-order valence-corrected chi connectivity index (χ2v) is 9.55. The lowest BCUT2D eigenvalue weighted by molar-refractivity contribution is 0.0934. The molecule has 1 aromatic carbocycles. The molecular weight excluding hydrogens is 424 g/mol. The highest BCUT2D eigenvalue weighted by Crippen LogP contribution is 2.36. The van der Waals surface area contributed by atoms with E-state index in [1.165, 1.54) is 22.8 Å². The number of hydrogen-bond donors (Lipinski definition) is 1. The fraction of sp³-hybridized carbons (Fsp3) is 0.381. The van der Waals surface area contributed by atoms with E-state index in [4.69, 9.17) is 0 Å². The third kappa shape index (κ3) is 3.91. The first kappa shape index (κ1) is 20.0. The van der Waals surface area contributed by atoms with Crippen LogP contribution in [-0.2, 0) is 10.8 Å². The van der Waals surface area contributed by atoms with E-state index >= 15 is 0 Å². The van der Waals surface area contributed by atoms with Crippen LogP contribution in [0.15, 0.2) is 42.6 Å². The van der Waals surface area contributed by atoms with Crippen molar-refractivity contribution >= 4 is 28.2 Å². The highest BCUT2D eigenvalue weighted by atomic mass is 32.2. The number of imidazole rings is 1. The summed E-state index contributed by atoms with van der Waals surface area (Å²) in [6, 6.07) is 9.12. The standard InChI is InChI=1S/C21H21F2N5O2S/c22-14-3-1-2-13(8-14)17-9-15(23)11-27(17)20-5-4-19-24-10-18(28(19)26-20)21(29)25-16-6-7-31(30)12-16/h1-5,8,10,15-17H,6-7,9,11-12H2,(H,25,29)/t15?,16?,17-,31?/m1/s1. The molecule has 2 aliphatic heterocycles. The van der Waals surface area contributed by atoms with Crippen LogP contribution >= 0.6 is 0 Å². The van der Waals surface area contributed by atoms with Crippen molar-refractivity contribution in [3.05, 3.63) is 59.7 Å². The summed E-state index contributed by atoms with van der Waals surface area (Å²) in [5.74, 6) is 0.803. The van der Waals surface area contributed by atoms with E-state index in [1.54, 1.807) is 29.2 Å². The Morgan fingerprint density at radius 2 is 2.13 bits per heavy atom. The lowest BCUT2D eigenvalue weighted by Crippen LogP contribution is -2.36. The highest BCUT2D eigenvalue weighted by Gasteiger charge is 2.35. The Hall–Kier alpha value is -2.88. The minimum Gasteiger partial charge on any atom is -0.347 e. The SMILES string of the molecule is O=C(NC1CCS(=O)C1)c1cnc2ccc(N3CC(F)C[C@@H]3c3cccc(F)c3)nn12. The molecule has 0 spiro atoms. The van der Waals surface area contributed by atoms with Crippen LogP contribution < -0.4 is 10.2 Å². The molecule has 2 fully saturated rings. The van der Waals surface area contributed by atoms with Gasteiger partial charge in [0.05, 0.1) is 18.8 Å². The van der Waals surface area contributed by atoms with Crippen molar-refractivity contribution in [2.75, 3.05) is 23.0 Å². The van der Waals surface area contributed by atoms with Crippen LogP contribution in [-0.4, -0.2) is 55.0 Å². The Kier molecular flexibility index (Phi) is 5.17. The number of nitrogens with one attached hydrogen (secondary N) is 1. The third-order valence-corrected chi connectivity index (χ3v) is 7.24. The number of carbonyl (C=O) groups excluding carboxylic acids is 1. The zero-order chi connectivity index (χ0) is 21.5. The maximum Gasteiger partial charge on any atom is 0.271 e.